The van der Waals surface area contributed by atoms with Gasteiger partial charge in [0.25, 0.3) is 11.8 Å². The second-order valence-electron chi connectivity index (χ2n) is 13.0. The SMILES string of the molecule is COc1cccc(C2(C)Oc3cc(C(F)(F)F)c(C(=O)N(C(C)C)[C@@H]4CCCN(C(=O)O)C4)cc3N(CCNC(=O)OCc3ccccc3)C2=O)c1. The number of ether oxygens (including phenoxy) is 3. The molecular weight excluding hydrogens is 685 g/mol. The van der Waals surface area contributed by atoms with Crippen molar-refractivity contribution < 1.29 is 51.7 Å². The van der Waals surface area contributed by atoms with Crippen LogP contribution in [-0.2, 0) is 27.9 Å². The van der Waals surface area contributed by atoms with Gasteiger partial charge in [-0.15, -0.1) is 0 Å². The third kappa shape index (κ3) is 8.03. The Hall–Kier alpha value is -5.47. The first-order valence-corrected chi connectivity index (χ1v) is 16.8. The van der Waals surface area contributed by atoms with Crippen molar-refractivity contribution >= 4 is 29.7 Å². The fourth-order valence-electron chi connectivity index (χ4n) is 6.59. The molecule has 12 nitrogen and oxygen atoms in total. The zero-order chi connectivity index (χ0) is 37.8. The topological polar surface area (TPSA) is 138 Å². The van der Waals surface area contributed by atoms with E-state index in [0.717, 1.165) is 16.5 Å². The number of anilines is 1. The number of amides is 4. The summed E-state index contributed by atoms with van der Waals surface area (Å²) in [6.45, 7) is 4.49. The van der Waals surface area contributed by atoms with Crippen molar-refractivity contribution in [2.24, 2.45) is 0 Å². The van der Waals surface area contributed by atoms with E-state index in [4.69, 9.17) is 14.2 Å². The van der Waals surface area contributed by atoms with Gasteiger partial charge in [0, 0.05) is 37.8 Å². The van der Waals surface area contributed by atoms with E-state index in [1.165, 1.54) is 29.9 Å². The molecule has 0 saturated carbocycles. The van der Waals surface area contributed by atoms with Gasteiger partial charge >= 0.3 is 18.4 Å². The molecule has 0 radical (unpaired) electrons. The lowest BCUT2D eigenvalue weighted by atomic mass is 9.90. The zero-order valence-corrected chi connectivity index (χ0v) is 29.2. The Balaban J connectivity index is 1.54. The van der Waals surface area contributed by atoms with Crippen molar-refractivity contribution in [3.63, 3.8) is 0 Å². The van der Waals surface area contributed by atoms with Crippen LogP contribution in [0.25, 0.3) is 0 Å². The standard InChI is InChI=1S/C37H41F3N4O8/c1-23(2)44(26-13-9-16-42(21-26)35(48)49)32(45)28-19-30-31(20-29(28)37(38,39)40)52-36(3,25-12-8-14-27(18-25)50-4)33(46)43(30)17-15-41-34(47)51-22-24-10-6-5-7-11-24/h5-8,10-12,14,18-20,23,26H,9,13,15-17,21-22H2,1-4H3,(H,41,47)(H,48,49)/t26-,36?/m1/s1. The molecule has 2 heterocycles. The highest BCUT2D eigenvalue weighted by Crippen LogP contribution is 2.47. The molecule has 1 fully saturated rings. The molecule has 2 aliphatic rings. The van der Waals surface area contributed by atoms with Crippen molar-refractivity contribution in [1.29, 1.82) is 0 Å². The maximum absolute atomic E-state index is 14.9. The first-order chi connectivity index (χ1) is 24.6. The van der Waals surface area contributed by atoms with Crippen LogP contribution >= 0.6 is 0 Å². The summed E-state index contributed by atoms with van der Waals surface area (Å²) < 4.78 is 61.3. The fourth-order valence-corrected chi connectivity index (χ4v) is 6.59. The van der Waals surface area contributed by atoms with Gasteiger partial charge in [-0.05, 0) is 63.4 Å². The minimum Gasteiger partial charge on any atom is -0.497 e. The van der Waals surface area contributed by atoms with Crippen LogP contribution in [0.4, 0.5) is 28.4 Å². The summed E-state index contributed by atoms with van der Waals surface area (Å²) in [6, 6.07) is 15.7. The van der Waals surface area contributed by atoms with Gasteiger partial charge in [-0.3, -0.25) is 9.59 Å². The number of alkyl halides is 3. The Morgan fingerprint density at radius 2 is 1.83 bits per heavy atom. The van der Waals surface area contributed by atoms with Crippen LogP contribution in [0.5, 0.6) is 11.5 Å². The van der Waals surface area contributed by atoms with Crippen molar-refractivity contribution in [3.8, 4) is 11.5 Å². The summed E-state index contributed by atoms with van der Waals surface area (Å²) in [4.78, 5) is 56.5. The first-order valence-electron chi connectivity index (χ1n) is 16.8. The van der Waals surface area contributed by atoms with E-state index < -0.39 is 59.0 Å². The van der Waals surface area contributed by atoms with Crippen LogP contribution < -0.4 is 19.7 Å². The zero-order valence-electron chi connectivity index (χ0n) is 29.2. The molecule has 2 N–H and O–H groups in total. The lowest BCUT2D eigenvalue weighted by molar-refractivity contribution is -0.138. The van der Waals surface area contributed by atoms with E-state index in [1.807, 2.05) is 6.07 Å². The number of nitrogens with zero attached hydrogens (tertiary/aromatic N) is 3. The molecule has 0 aliphatic carbocycles. The molecule has 0 bridgehead atoms. The van der Waals surface area contributed by atoms with Gasteiger partial charge in [-0.1, -0.05) is 42.5 Å². The molecule has 15 heteroatoms. The van der Waals surface area contributed by atoms with E-state index >= 15 is 0 Å². The summed E-state index contributed by atoms with van der Waals surface area (Å²) in [5, 5.41) is 12.2. The minimum absolute atomic E-state index is 0.0108. The number of likely N-dealkylation sites (tertiary alicyclic amines) is 1. The third-order valence-corrected chi connectivity index (χ3v) is 9.18. The number of hydrogen-bond donors (Lipinski definition) is 2. The van der Waals surface area contributed by atoms with Crippen molar-refractivity contribution in [1.82, 2.24) is 15.1 Å². The van der Waals surface area contributed by atoms with Crippen LogP contribution in [-0.4, -0.2) is 84.3 Å². The predicted octanol–water partition coefficient (Wildman–Crippen LogP) is 6.27. The molecule has 52 heavy (non-hydrogen) atoms. The van der Waals surface area contributed by atoms with Crippen LogP contribution in [0.3, 0.4) is 0 Å². The highest BCUT2D eigenvalue weighted by Gasteiger charge is 2.49. The molecule has 4 amide bonds. The highest BCUT2D eigenvalue weighted by molar-refractivity contribution is 6.05. The lowest BCUT2D eigenvalue weighted by Crippen LogP contribution is -2.55. The number of carbonyl (C=O) groups excluding carboxylic acids is 3. The Morgan fingerprint density at radius 1 is 1.10 bits per heavy atom. The molecule has 2 atom stereocenters. The van der Waals surface area contributed by atoms with Crippen LogP contribution in [0.1, 0.15) is 60.7 Å². The summed E-state index contributed by atoms with van der Waals surface area (Å²) in [6.07, 6.45) is -6.18. The van der Waals surface area contributed by atoms with Crippen LogP contribution in [0.2, 0.25) is 0 Å². The van der Waals surface area contributed by atoms with E-state index in [-0.39, 0.29) is 44.2 Å². The second kappa shape index (κ2) is 15.4. The van der Waals surface area contributed by atoms with E-state index in [0.29, 0.717) is 30.2 Å². The van der Waals surface area contributed by atoms with Gasteiger partial charge in [-0.2, -0.15) is 13.2 Å². The molecule has 278 valence electrons. The monoisotopic (exact) mass is 726 g/mol. The Labute approximate surface area is 299 Å². The molecule has 3 aromatic carbocycles. The van der Waals surface area contributed by atoms with Crippen molar-refractivity contribution in [2.45, 2.75) is 64.1 Å². The number of fused-ring (bicyclic) bond motifs is 1. The molecule has 2 aliphatic heterocycles. The number of alkyl carbamates (subject to hydrolysis) is 1. The molecule has 1 saturated heterocycles. The normalized spacial score (nSPS) is 18.7. The van der Waals surface area contributed by atoms with Gasteiger partial charge < -0.3 is 39.3 Å². The number of carboxylic acid groups (broad SMARTS) is 1. The molecular formula is C37H41F3N4O8. The largest absolute Gasteiger partial charge is 0.497 e. The number of methoxy groups -OCH3 is 1. The van der Waals surface area contributed by atoms with Gasteiger partial charge in [0.2, 0.25) is 5.60 Å². The predicted molar refractivity (Wildman–Crippen MR) is 183 cm³/mol. The van der Waals surface area contributed by atoms with E-state index in [2.05, 4.69) is 5.32 Å². The smallest absolute Gasteiger partial charge is 0.417 e. The quantitative estimate of drug-likeness (QED) is 0.249. The summed E-state index contributed by atoms with van der Waals surface area (Å²) in [5.74, 6) is -1.58. The van der Waals surface area contributed by atoms with E-state index in [1.54, 1.807) is 56.3 Å². The molecule has 0 spiro atoms. The summed E-state index contributed by atoms with van der Waals surface area (Å²) >= 11 is 0. The van der Waals surface area contributed by atoms with Gasteiger partial charge in [0.15, 0.2) is 0 Å². The second-order valence-corrected chi connectivity index (χ2v) is 13.0. The average Bonchev–Trinajstić information content (AvgIpc) is 3.12. The van der Waals surface area contributed by atoms with Gasteiger partial charge in [0.1, 0.15) is 18.1 Å². The first kappa shape index (κ1) is 37.8. The highest BCUT2D eigenvalue weighted by atomic mass is 19.4. The van der Waals surface area contributed by atoms with Gasteiger partial charge in [-0.25, -0.2) is 9.59 Å². The number of carbonyl (C=O) groups is 4. The molecule has 5 rings (SSSR count). The summed E-state index contributed by atoms with van der Waals surface area (Å²) in [5.41, 5.74) is -2.91. The van der Waals surface area contributed by atoms with Crippen LogP contribution in [0.15, 0.2) is 66.7 Å². The molecule has 3 aromatic rings. The van der Waals surface area contributed by atoms with Crippen LogP contribution in [0, 0.1) is 0 Å². The third-order valence-electron chi connectivity index (χ3n) is 9.18. The number of benzene rings is 3. The minimum atomic E-state index is -5.02. The van der Waals surface area contributed by atoms with Crippen molar-refractivity contribution in [2.75, 3.05) is 38.2 Å². The number of nitrogens with one attached hydrogen (secondary N) is 1. The molecule has 0 aromatic heterocycles. The maximum Gasteiger partial charge on any atom is 0.417 e. The van der Waals surface area contributed by atoms with E-state index in [9.17, 15) is 37.5 Å². The Kier molecular flexibility index (Phi) is 11.2. The van der Waals surface area contributed by atoms with Crippen molar-refractivity contribution in [3.05, 3.63) is 89.0 Å². The number of hydrogen-bond acceptors (Lipinski definition) is 7. The average molecular weight is 727 g/mol. The number of halogens is 3. The Morgan fingerprint density at radius 3 is 2.48 bits per heavy atom. The molecule has 1 unspecified atom stereocenters. The van der Waals surface area contributed by atoms with Gasteiger partial charge in [0.05, 0.1) is 30.0 Å². The fraction of sp³-hybridized carbons (Fsp3) is 0.405. The number of rotatable bonds is 10. The summed E-state index contributed by atoms with van der Waals surface area (Å²) in [7, 11) is 1.43. The lowest BCUT2D eigenvalue weighted by Gasteiger charge is -2.42. The number of piperidine rings is 1. The maximum atomic E-state index is 14.9. The Bertz CT molecular complexity index is 1810.